The molecule has 0 spiro atoms. The van der Waals surface area contributed by atoms with Crippen molar-refractivity contribution in [1.82, 2.24) is 4.90 Å². The topological polar surface area (TPSA) is 29.3 Å². The van der Waals surface area contributed by atoms with Gasteiger partial charge in [0.2, 0.25) is 0 Å². The van der Waals surface area contributed by atoms with E-state index in [0.29, 0.717) is 6.54 Å². The molecule has 0 saturated carbocycles. The second-order valence-electron chi connectivity index (χ2n) is 4.90. The summed E-state index contributed by atoms with van der Waals surface area (Å²) in [6.45, 7) is 8.19. The summed E-state index contributed by atoms with van der Waals surface area (Å²) in [6.07, 6.45) is 1.08. The van der Waals surface area contributed by atoms with Crippen LogP contribution in [0, 0.1) is 6.92 Å². The number of nitrogens with zero attached hydrogens (tertiary/aromatic N) is 1. The van der Waals surface area contributed by atoms with Gasteiger partial charge in [0, 0.05) is 18.6 Å². The van der Waals surface area contributed by atoms with Crippen LogP contribution in [-0.2, 0) is 6.54 Å². The van der Waals surface area contributed by atoms with Gasteiger partial charge in [0.25, 0.3) is 0 Å². The Hall–Kier alpha value is -0.860. The molecule has 1 unspecified atom stereocenters. The molecule has 2 N–H and O–H groups in total. The first-order valence-electron chi connectivity index (χ1n) is 5.98. The smallest absolute Gasteiger partial charge is 0.0301 e. The number of nitrogens with two attached hydrogens (primary N) is 1. The first kappa shape index (κ1) is 13.2. The molecule has 1 aromatic carbocycles. The summed E-state index contributed by atoms with van der Waals surface area (Å²) in [4.78, 5) is 2.34. The van der Waals surface area contributed by atoms with Crippen LogP contribution in [0.3, 0.4) is 0 Å². The second kappa shape index (κ2) is 5.46. The Kier molecular flexibility index (Phi) is 4.51. The van der Waals surface area contributed by atoms with Crippen LogP contribution in [0.2, 0.25) is 0 Å². The van der Waals surface area contributed by atoms with E-state index < -0.39 is 0 Å². The SMILES string of the molecule is CCC(C)(CN)N(C)Cc1ccc(C)cc1. The molecule has 0 amide bonds. The summed E-state index contributed by atoms with van der Waals surface area (Å²) in [5.74, 6) is 0. The van der Waals surface area contributed by atoms with Gasteiger partial charge in [0.15, 0.2) is 0 Å². The van der Waals surface area contributed by atoms with Gasteiger partial charge in [-0.1, -0.05) is 36.8 Å². The minimum absolute atomic E-state index is 0.102. The van der Waals surface area contributed by atoms with Gasteiger partial charge in [0.05, 0.1) is 0 Å². The maximum Gasteiger partial charge on any atom is 0.0301 e. The molecule has 0 saturated heterocycles. The Morgan fingerprint density at radius 1 is 1.25 bits per heavy atom. The predicted molar refractivity (Wildman–Crippen MR) is 70.4 cm³/mol. The Morgan fingerprint density at radius 2 is 1.81 bits per heavy atom. The molecule has 0 heterocycles. The van der Waals surface area contributed by atoms with Gasteiger partial charge >= 0.3 is 0 Å². The van der Waals surface area contributed by atoms with E-state index in [9.17, 15) is 0 Å². The molecule has 2 heteroatoms. The quantitative estimate of drug-likeness (QED) is 0.826. The third-order valence-corrected chi connectivity index (χ3v) is 3.66. The zero-order valence-electron chi connectivity index (χ0n) is 11.0. The molecule has 1 aromatic rings. The highest BCUT2D eigenvalue weighted by atomic mass is 15.2. The molecule has 0 radical (unpaired) electrons. The Bertz CT molecular complexity index is 312. The molecule has 1 atom stereocenters. The average Bonchev–Trinajstić information content (AvgIpc) is 2.31. The van der Waals surface area contributed by atoms with Crippen LogP contribution >= 0.6 is 0 Å². The Labute approximate surface area is 99.5 Å². The van der Waals surface area contributed by atoms with Crippen molar-refractivity contribution in [3.63, 3.8) is 0 Å². The van der Waals surface area contributed by atoms with E-state index in [-0.39, 0.29) is 5.54 Å². The van der Waals surface area contributed by atoms with Gasteiger partial charge in [-0.15, -0.1) is 0 Å². The van der Waals surface area contributed by atoms with Gasteiger partial charge in [0.1, 0.15) is 0 Å². The molecule has 16 heavy (non-hydrogen) atoms. The van der Waals surface area contributed by atoms with E-state index in [1.807, 2.05) is 0 Å². The van der Waals surface area contributed by atoms with Crippen LogP contribution in [0.15, 0.2) is 24.3 Å². The van der Waals surface area contributed by atoms with E-state index >= 15 is 0 Å². The highest BCUT2D eigenvalue weighted by molar-refractivity contribution is 5.21. The van der Waals surface area contributed by atoms with Crippen molar-refractivity contribution in [2.45, 2.75) is 39.3 Å². The Morgan fingerprint density at radius 3 is 2.25 bits per heavy atom. The first-order chi connectivity index (χ1) is 7.51. The molecule has 90 valence electrons. The number of aryl methyl sites for hydroxylation is 1. The molecule has 2 nitrogen and oxygen atoms in total. The summed E-state index contributed by atoms with van der Waals surface area (Å²) in [7, 11) is 2.15. The van der Waals surface area contributed by atoms with Gasteiger partial charge in [-0.25, -0.2) is 0 Å². The van der Waals surface area contributed by atoms with Crippen molar-refractivity contribution in [3.05, 3.63) is 35.4 Å². The Balaban J connectivity index is 2.70. The van der Waals surface area contributed by atoms with Crippen molar-refractivity contribution in [2.24, 2.45) is 5.73 Å². The summed E-state index contributed by atoms with van der Waals surface area (Å²) < 4.78 is 0. The third-order valence-electron chi connectivity index (χ3n) is 3.66. The van der Waals surface area contributed by atoms with Crippen molar-refractivity contribution in [2.75, 3.05) is 13.6 Å². The van der Waals surface area contributed by atoms with Crippen LogP contribution in [0.4, 0.5) is 0 Å². The van der Waals surface area contributed by atoms with E-state index in [1.165, 1.54) is 11.1 Å². The lowest BCUT2D eigenvalue weighted by atomic mass is 9.96. The molecule has 0 aliphatic carbocycles. The molecule has 0 aliphatic rings. The van der Waals surface area contributed by atoms with E-state index in [2.05, 4.69) is 57.0 Å². The molecule has 0 bridgehead atoms. The lowest BCUT2D eigenvalue weighted by Gasteiger charge is -2.37. The van der Waals surface area contributed by atoms with Crippen molar-refractivity contribution in [1.29, 1.82) is 0 Å². The number of hydrogen-bond acceptors (Lipinski definition) is 2. The van der Waals surface area contributed by atoms with Crippen LogP contribution in [0.25, 0.3) is 0 Å². The van der Waals surface area contributed by atoms with E-state index in [1.54, 1.807) is 0 Å². The number of likely N-dealkylation sites (N-methyl/N-ethyl adjacent to an activating group) is 1. The van der Waals surface area contributed by atoms with Crippen LogP contribution in [0.1, 0.15) is 31.4 Å². The molecule has 1 rings (SSSR count). The average molecular weight is 220 g/mol. The lowest BCUT2D eigenvalue weighted by Crippen LogP contribution is -2.48. The third kappa shape index (κ3) is 3.06. The molecule has 0 aliphatic heterocycles. The van der Waals surface area contributed by atoms with Gasteiger partial charge in [-0.2, -0.15) is 0 Å². The largest absolute Gasteiger partial charge is 0.329 e. The number of hydrogen-bond donors (Lipinski definition) is 1. The predicted octanol–water partition coefficient (Wildman–Crippen LogP) is 2.55. The normalized spacial score (nSPS) is 15.1. The van der Waals surface area contributed by atoms with Crippen molar-refractivity contribution < 1.29 is 0 Å². The molecular formula is C14H24N2. The number of rotatable bonds is 5. The zero-order chi connectivity index (χ0) is 12.2. The summed E-state index contributed by atoms with van der Waals surface area (Å²) in [5.41, 5.74) is 8.61. The standard InChI is InChI=1S/C14H24N2/c1-5-14(3,11-15)16(4)10-13-8-6-12(2)7-9-13/h6-9H,5,10-11,15H2,1-4H3. The van der Waals surface area contributed by atoms with Crippen molar-refractivity contribution >= 4 is 0 Å². The van der Waals surface area contributed by atoms with Crippen LogP contribution < -0.4 is 5.73 Å². The van der Waals surface area contributed by atoms with Crippen molar-refractivity contribution in [3.8, 4) is 0 Å². The molecular weight excluding hydrogens is 196 g/mol. The second-order valence-corrected chi connectivity index (χ2v) is 4.90. The van der Waals surface area contributed by atoms with E-state index in [4.69, 9.17) is 5.73 Å². The minimum Gasteiger partial charge on any atom is -0.329 e. The lowest BCUT2D eigenvalue weighted by molar-refractivity contribution is 0.131. The number of benzene rings is 1. The fourth-order valence-electron chi connectivity index (χ4n) is 1.73. The summed E-state index contributed by atoms with van der Waals surface area (Å²) >= 11 is 0. The maximum absolute atomic E-state index is 5.85. The highest BCUT2D eigenvalue weighted by Crippen LogP contribution is 2.18. The zero-order valence-corrected chi connectivity index (χ0v) is 11.0. The van der Waals surface area contributed by atoms with Gasteiger partial charge < -0.3 is 5.73 Å². The fourth-order valence-corrected chi connectivity index (χ4v) is 1.73. The van der Waals surface area contributed by atoms with Crippen LogP contribution in [-0.4, -0.2) is 24.0 Å². The fraction of sp³-hybridized carbons (Fsp3) is 0.571. The molecule has 0 fully saturated rings. The van der Waals surface area contributed by atoms with Crippen LogP contribution in [0.5, 0.6) is 0 Å². The highest BCUT2D eigenvalue weighted by Gasteiger charge is 2.25. The summed E-state index contributed by atoms with van der Waals surface area (Å²) in [5, 5.41) is 0. The van der Waals surface area contributed by atoms with E-state index in [0.717, 1.165) is 13.0 Å². The maximum atomic E-state index is 5.85. The minimum atomic E-state index is 0.102. The van der Waals surface area contributed by atoms with Gasteiger partial charge in [-0.05, 0) is 32.9 Å². The van der Waals surface area contributed by atoms with Gasteiger partial charge in [-0.3, -0.25) is 4.90 Å². The summed E-state index contributed by atoms with van der Waals surface area (Å²) in [6, 6.07) is 8.71. The first-order valence-corrected chi connectivity index (χ1v) is 5.98. The molecule has 0 aromatic heterocycles. The monoisotopic (exact) mass is 220 g/mol.